The Morgan fingerprint density at radius 3 is 2.76 bits per heavy atom. The van der Waals surface area contributed by atoms with E-state index < -0.39 is 0 Å². The highest BCUT2D eigenvalue weighted by Crippen LogP contribution is 2.15. The van der Waals surface area contributed by atoms with Crippen LogP contribution in [0.3, 0.4) is 0 Å². The van der Waals surface area contributed by atoms with Crippen molar-refractivity contribution in [1.82, 2.24) is 20.6 Å². The molecule has 3 aromatic heterocycles. The van der Waals surface area contributed by atoms with Crippen LogP contribution < -0.4 is 15.5 Å². The first kappa shape index (κ1) is 19.4. The lowest BCUT2D eigenvalue weighted by Crippen LogP contribution is -2.49. The van der Waals surface area contributed by atoms with Gasteiger partial charge >= 0.3 is 0 Å². The predicted octanol–water partition coefficient (Wildman–Crippen LogP) is 3.08. The molecule has 1 aliphatic heterocycles. The first-order valence-electron chi connectivity index (χ1n) is 9.98. The minimum absolute atomic E-state index is 0.383. The highest BCUT2D eigenvalue weighted by atomic mass is 32.1. The Labute approximate surface area is 174 Å². The number of nitrogens with zero attached hydrogens (tertiary/aromatic N) is 4. The number of guanidine groups is 1. The first-order valence-corrected chi connectivity index (χ1v) is 10.9. The van der Waals surface area contributed by atoms with Crippen LogP contribution in [0.25, 0.3) is 0 Å². The van der Waals surface area contributed by atoms with E-state index in [1.54, 1.807) is 30.0 Å². The van der Waals surface area contributed by atoms with Crippen molar-refractivity contribution in [3.05, 3.63) is 65.0 Å². The van der Waals surface area contributed by atoms with Crippen molar-refractivity contribution >= 4 is 23.2 Å². The zero-order chi connectivity index (χ0) is 19.7. The molecule has 0 amide bonds. The summed E-state index contributed by atoms with van der Waals surface area (Å²) in [5.74, 6) is 2.65. The summed E-state index contributed by atoms with van der Waals surface area (Å²) >= 11 is 1.73. The van der Waals surface area contributed by atoms with Crippen molar-refractivity contribution in [1.29, 1.82) is 0 Å². The van der Waals surface area contributed by atoms with Crippen molar-refractivity contribution in [2.24, 2.45) is 4.99 Å². The minimum atomic E-state index is 0.383. The summed E-state index contributed by atoms with van der Waals surface area (Å²) < 4.78 is 5.42. The molecule has 152 valence electrons. The molecule has 3 aromatic rings. The number of hydrogen-bond acceptors (Lipinski definition) is 6. The molecule has 1 fully saturated rings. The SMILES string of the molecule is c1cnc(N2CCC(NC(=NCc3cccs3)NCCc3ccco3)CC2)nc1. The van der Waals surface area contributed by atoms with E-state index >= 15 is 0 Å². The van der Waals surface area contributed by atoms with Crippen LogP contribution in [-0.4, -0.2) is 41.6 Å². The molecule has 29 heavy (non-hydrogen) atoms. The molecule has 0 aliphatic carbocycles. The summed E-state index contributed by atoms with van der Waals surface area (Å²) in [5, 5.41) is 9.16. The van der Waals surface area contributed by atoms with Gasteiger partial charge in [0.05, 0.1) is 12.8 Å². The zero-order valence-corrected chi connectivity index (χ0v) is 17.1. The quantitative estimate of drug-likeness (QED) is 0.460. The van der Waals surface area contributed by atoms with Crippen molar-refractivity contribution in [2.75, 3.05) is 24.5 Å². The van der Waals surface area contributed by atoms with E-state index in [4.69, 9.17) is 9.41 Å². The second-order valence-corrected chi connectivity index (χ2v) is 7.99. The van der Waals surface area contributed by atoms with Gasteiger partial charge in [0.15, 0.2) is 5.96 Å². The number of piperidine rings is 1. The molecule has 0 spiro atoms. The van der Waals surface area contributed by atoms with E-state index in [1.165, 1.54) is 4.88 Å². The van der Waals surface area contributed by atoms with Gasteiger partial charge in [-0.15, -0.1) is 11.3 Å². The smallest absolute Gasteiger partial charge is 0.225 e. The topological polar surface area (TPSA) is 78.6 Å². The van der Waals surface area contributed by atoms with E-state index in [9.17, 15) is 0 Å². The lowest BCUT2D eigenvalue weighted by atomic mass is 10.1. The maximum atomic E-state index is 5.42. The Kier molecular flexibility index (Phi) is 6.75. The molecule has 2 N–H and O–H groups in total. The molecule has 4 heterocycles. The summed E-state index contributed by atoms with van der Waals surface area (Å²) in [7, 11) is 0. The van der Waals surface area contributed by atoms with Crippen molar-refractivity contribution in [2.45, 2.75) is 31.8 Å². The largest absolute Gasteiger partial charge is 0.469 e. The van der Waals surface area contributed by atoms with Crippen molar-refractivity contribution in [3.63, 3.8) is 0 Å². The second-order valence-electron chi connectivity index (χ2n) is 6.95. The van der Waals surface area contributed by atoms with E-state index in [0.717, 1.165) is 56.6 Å². The fourth-order valence-electron chi connectivity index (χ4n) is 3.34. The van der Waals surface area contributed by atoms with Gasteiger partial charge in [0.2, 0.25) is 5.95 Å². The van der Waals surface area contributed by atoms with Gasteiger partial charge in [0, 0.05) is 49.4 Å². The molecule has 7 nitrogen and oxygen atoms in total. The molecular weight excluding hydrogens is 384 g/mol. The molecule has 1 saturated heterocycles. The minimum Gasteiger partial charge on any atom is -0.469 e. The summed E-state index contributed by atoms with van der Waals surface area (Å²) in [6, 6.07) is 10.3. The van der Waals surface area contributed by atoms with Gasteiger partial charge in [0.1, 0.15) is 5.76 Å². The lowest BCUT2D eigenvalue weighted by molar-refractivity contribution is 0.456. The lowest BCUT2D eigenvalue weighted by Gasteiger charge is -2.33. The predicted molar refractivity (Wildman–Crippen MR) is 116 cm³/mol. The highest BCUT2D eigenvalue weighted by Gasteiger charge is 2.21. The van der Waals surface area contributed by atoms with E-state index in [2.05, 4.69) is 43.0 Å². The Hall–Kier alpha value is -2.87. The van der Waals surface area contributed by atoms with Crippen LogP contribution in [0.4, 0.5) is 5.95 Å². The Morgan fingerprint density at radius 2 is 2.03 bits per heavy atom. The number of rotatable bonds is 7. The average molecular weight is 411 g/mol. The number of nitrogens with one attached hydrogen (secondary N) is 2. The maximum Gasteiger partial charge on any atom is 0.225 e. The Morgan fingerprint density at radius 1 is 1.17 bits per heavy atom. The van der Waals surface area contributed by atoms with Crippen molar-refractivity contribution < 1.29 is 4.42 Å². The molecule has 0 atom stereocenters. The number of aromatic nitrogens is 2. The zero-order valence-electron chi connectivity index (χ0n) is 16.3. The average Bonchev–Trinajstić information content (AvgIpc) is 3.47. The second kappa shape index (κ2) is 10.1. The third-order valence-electron chi connectivity index (χ3n) is 4.89. The molecule has 1 aliphatic rings. The van der Waals surface area contributed by atoms with Crippen LogP contribution in [0, 0.1) is 0 Å². The van der Waals surface area contributed by atoms with Gasteiger partial charge in [0.25, 0.3) is 0 Å². The number of aliphatic imine (C=N–C) groups is 1. The summed E-state index contributed by atoms with van der Waals surface area (Å²) in [4.78, 5) is 17.0. The van der Waals surface area contributed by atoms with Crippen LogP contribution in [-0.2, 0) is 13.0 Å². The summed E-state index contributed by atoms with van der Waals surface area (Å²) in [6.45, 7) is 3.34. The molecule has 0 bridgehead atoms. The summed E-state index contributed by atoms with van der Waals surface area (Å²) in [5.41, 5.74) is 0. The molecule has 0 unspecified atom stereocenters. The van der Waals surface area contributed by atoms with Gasteiger partial charge in [-0.1, -0.05) is 6.07 Å². The van der Waals surface area contributed by atoms with E-state index in [1.807, 2.05) is 18.2 Å². The third kappa shape index (κ3) is 5.80. The van der Waals surface area contributed by atoms with Gasteiger partial charge in [-0.25, -0.2) is 15.0 Å². The normalized spacial score (nSPS) is 15.4. The fraction of sp³-hybridized carbons (Fsp3) is 0.381. The Bertz CT molecular complexity index is 858. The van der Waals surface area contributed by atoms with Gasteiger partial charge in [-0.2, -0.15) is 0 Å². The van der Waals surface area contributed by atoms with Gasteiger partial charge < -0.3 is 20.0 Å². The maximum absolute atomic E-state index is 5.42. The van der Waals surface area contributed by atoms with Crippen molar-refractivity contribution in [3.8, 4) is 0 Å². The third-order valence-corrected chi connectivity index (χ3v) is 5.75. The Balaban J connectivity index is 1.31. The molecular formula is C21H26N6OS. The number of thiophene rings is 1. The van der Waals surface area contributed by atoms with E-state index in [-0.39, 0.29) is 0 Å². The number of anilines is 1. The molecule has 4 rings (SSSR count). The number of hydrogen-bond donors (Lipinski definition) is 2. The van der Waals surface area contributed by atoms with Gasteiger partial charge in [-0.3, -0.25) is 0 Å². The van der Waals surface area contributed by atoms with Crippen LogP contribution in [0.15, 0.2) is 63.8 Å². The van der Waals surface area contributed by atoms with Crippen LogP contribution in [0.5, 0.6) is 0 Å². The first-order chi connectivity index (χ1) is 14.4. The molecule has 0 saturated carbocycles. The number of furan rings is 1. The van der Waals surface area contributed by atoms with Crippen LogP contribution in [0.1, 0.15) is 23.5 Å². The van der Waals surface area contributed by atoms with E-state index in [0.29, 0.717) is 12.6 Å². The molecule has 0 aromatic carbocycles. The standard InChI is InChI=1S/C21H26N6OS/c1-4-18(28-14-1)6-11-22-20(25-16-19-5-2-15-29-19)26-17-7-12-27(13-8-17)21-23-9-3-10-24-21/h1-5,9-10,14-15,17H,6-8,11-13,16H2,(H2,22,25,26). The van der Waals surface area contributed by atoms with Crippen LogP contribution in [0.2, 0.25) is 0 Å². The molecule has 8 heteroatoms. The van der Waals surface area contributed by atoms with Crippen LogP contribution >= 0.6 is 11.3 Å². The fourth-order valence-corrected chi connectivity index (χ4v) is 3.97. The highest BCUT2D eigenvalue weighted by molar-refractivity contribution is 7.09. The van der Waals surface area contributed by atoms with Gasteiger partial charge in [-0.05, 0) is 42.5 Å². The monoisotopic (exact) mass is 410 g/mol. The molecule has 0 radical (unpaired) electrons. The summed E-state index contributed by atoms with van der Waals surface area (Å²) in [6.07, 6.45) is 8.18.